The van der Waals surface area contributed by atoms with Crippen LogP contribution in [0.25, 0.3) is 22.3 Å². The van der Waals surface area contributed by atoms with Gasteiger partial charge in [0.05, 0.1) is 44.0 Å². The molecule has 1 aliphatic heterocycles. The first kappa shape index (κ1) is 33.4. The van der Waals surface area contributed by atoms with Crippen molar-refractivity contribution < 1.29 is 23.7 Å². The van der Waals surface area contributed by atoms with E-state index < -0.39 is 0 Å². The number of methoxy groups -OCH3 is 1. The third kappa shape index (κ3) is 7.38. The van der Waals surface area contributed by atoms with E-state index in [9.17, 15) is 9.59 Å². The summed E-state index contributed by atoms with van der Waals surface area (Å²) in [5.41, 5.74) is 4.44. The zero-order valence-electron chi connectivity index (χ0n) is 27.7. The molecule has 246 valence electrons. The molecule has 0 spiro atoms. The van der Waals surface area contributed by atoms with Gasteiger partial charge in [0.1, 0.15) is 5.75 Å². The van der Waals surface area contributed by atoms with Crippen molar-refractivity contribution in [1.29, 1.82) is 0 Å². The van der Waals surface area contributed by atoms with Gasteiger partial charge in [-0.1, -0.05) is 32.1 Å². The first-order valence-corrected chi connectivity index (χ1v) is 15.9. The Balaban J connectivity index is 1.59. The Labute approximate surface area is 275 Å². The number of aromatic nitrogens is 2. The van der Waals surface area contributed by atoms with E-state index in [-0.39, 0.29) is 24.0 Å². The van der Waals surface area contributed by atoms with Crippen LogP contribution in [0.1, 0.15) is 48.9 Å². The highest BCUT2D eigenvalue weighted by molar-refractivity contribution is 5.84. The van der Waals surface area contributed by atoms with E-state index in [1.165, 1.54) is 4.68 Å². The van der Waals surface area contributed by atoms with Crippen LogP contribution < -0.4 is 19.8 Å². The summed E-state index contributed by atoms with van der Waals surface area (Å²) in [6.07, 6.45) is 3.84. The first-order valence-electron chi connectivity index (χ1n) is 15.9. The molecule has 1 amide bonds. The van der Waals surface area contributed by atoms with E-state index >= 15 is 0 Å². The number of hydrogen-bond donors (Lipinski definition) is 0. The van der Waals surface area contributed by atoms with Crippen molar-refractivity contribution in [2.45, 2.75) is 40.0 Å². The fourth-order valence-corrected chi connectivity index (χ4v) is 5.63. The molecule has 10 nitrogen and oxygen atoms in total. The van der Waals surface area contributed by atoms with E-state index in [1.807, 2.05) is 50.2 Å². The number of aryl methyl sites for hydroxylation is 1. The highest BCUT2D eigenvalue weighted by Gasteiger charge is 2.21. The van der Waals surface area contributed by atoms with Gasteiger partial charge in [0.15, 0.2) is 23.9 Å². The Morgan fingerprint density at radius 2 is 1.87 bits per heavy atom. The lowest BCUT2D eigenvalue weighted by atomic mass is 9.96. The number of allylic oxidation sites excluding steroid dienone is 1. The average Bonchev–Trinajstić information content (AvgIpc) is 3.07. The molecule has 1 saturated heterocycles. The van der Waals surface area contributed by atoms with Crippen molar-refractivity contribution >= 4 is 23.0 Å². The van der Waals surface area contributed by atoms with Gasteiger partial charge in [-0.2, -0.15) is 9.78 Å². The molecule has 5 rings (SSSR count). The molecular formula is C37H42N4O6. The molecular weight excluding hydrogens is 596 g/mol. The van der Waals surface area contributed by atoms with Gasteiger partial charge >= 0.3 is 0 Å². The van der Waals surface area contributed by atoms with Crippen LogP contribution in [0, 0.1) is 6.92 Å². The van der Waals surface area contributed by atoms with E-state index in [0.29, 0.717) is 73.1 Å². The standard InChI is InChI=1S/C37H42N4O6/c1-7-11-27-19-26(20-33(46-8-2)35(27)47-23-34(42)40-14-16-45-17-15-40)22-38-41-36(39-31-13-10-9-12-28(31)37(41)43)30-21-29(24(3)4)32(44-6)18-25(30)5/h7,9-10,12-13,18-22,24H,1,8,11,14-17,23H2,2-6H3. The molecule has 1 aromatic heterocycles. The number of carbonyl (C=O) groups excluding carboxylic acids is 1. The molecule has 2 heterocycles. The third-order valence-corrected chi connectivity index (χ3v) is 8.04. The minimum absolute atomic E-state index is 0.115. The molecule has 47 heavy (non-hydrogen) atoms. The summed E-state index contributed by atoms with van der Waals surface area (Å²) in [5.74, 6) is 2.22. The number of ether oxygens (including phenoxy) is 4. The molecule has 4 aromatic rings. The maximum atomic E-state index is 14.0. The summed E-state index contributed by atoms with van der Waals surface area (Å²) < 4.78 is 24.5. The predicted octanol–water partition coefficient (Wildman–Crippen LogP) is 5.75. The number of benzene rings is 3. The Hall–Kier alpha value is -4.96. The zero-order valence-corrected chi connectivity index (χ0v) is 27.7. The molecule has 1 aliphatic rings. The highest BCUT2D eigenvalue weighted by atomic mass is 16.5. The Bertz CT molecular complexity index is 1860. The molecule has 0 aliphatic carbocycles. The molecule has 0 unspecified atom stereocenters. The number of carbonyl (C=O) groups is 1. The second-order valence-electron chi connectivity index (χ2n) is 11.6. The smallest absolute Gasteiger partial charge is 0.282 e. The third-order valence-electron chi connectivity index (χ3n) is 8.04. The van der Waals surface area contributed by atoms with Crippen LogP contribution >= 0.6 is 0 Å². The molecule has 0 radical (unpaired) electrons. The number of hydrogen-bond acceptors (Lipinski definition) is 8. The van der Waals surface area contributed by atoms with Gasteiger partial charge in [-0.05, 0) is 79.3 Å². The summed E-state index contributed by atoms with van der Waals surface area (Å²) in [6.45, 7) is 14.3. The fraction of sp³-hybridized carbons (Fsp3) is 0.351. The molecule has 0 saturated carbocycles. The number of fused-ring (bicyclic) bond motifs is 1. The Kier molecular flexibility index (Phi) is 10.7. The van der Waals surface area contributed by atoms with E-state index in [0.717, 1.165) is 28.0 Å². The lowest BCUT2D eigenvalue weighted by molar-refractivity contribution is -0.137. The second-order valence-corrected chi connectivity index (χ2v) is 11.6. The van der Waals surface area contributed by atoms with Crippen molar-refractivity contribution in [1.82, 2.24) is 14.6 Å². The van der Waals surface area contributed by atoms with Crippen LogP contribution in [0.2, 0.25) is 0 Å². The van der Waals surface area contributed by atoms with Crippen molar-refractivity contribution in [2.24, 2.45) is 5.10 Å². The van der Waals surface area contributed by atoms with Gasteiger partial charge in [0.2, 0.25) is 0 Å². The summed E-state index contributed by atoms with van der Waals surface area (Å²) in [4.78, 5) is 33.5. The van der Waals surface area contributed by atoms with Gasteiger partial charge in [-0.3, -0.25) is 9.59 Å². The minimum atomic E-state index is -0.291. The predicted molar refractivity (Wildman–Crippen MR) is 184 cm³/mol. The minimum Gasteiger partial charge on any atom is -0.496 e. The number of amides is 1. The van der Waals surface area contributed by atoms with Crippen molar-refractivity contribution in [2.75, 3.05) is 46.6 Å². The number of morpholine rings is 1. The lowest BCUT2D eigenvalue weighted by Gasteiger charge is -2.27. The van der Waals surface area contributed by atoms with E-state index in [2.05, 4.69) is 20.4 Å². The highest BCUT2D eigenvalue weighted by Crippen LogP contribution is 2.35. The SMILES string of the molecule is C=CCc1cc(C=Nn2c(-c3cc(C(C)C)c(OC)cc3C)nc3ccccc3c2=O)cc(OCC)c1OCC(=O)N1CCOCC1. The summed E-state index contributed by atoms with van der Waals surface area (Å²) >= 11 is 0. The van der Waals surface area contributed by atoms with Crippen LogP contribution in [0.4, 0.5) is 0 Å². The van der Waals surface area contributed by atoms with Crippen molar-refractivity contribution in [3.63, 3.8) is 0 Å². The Morgan fingerprint density at radius 3 is 2.57 bits per heavy atom. The first-order chi connectivity index (χ1) is 22.7. The van der Waals surface area contributed by atoms with Gasteiger partial charge in [0.25, 0.3) is 11.5 Å². The quantitative estimate of drug-likeness (QED) is 0.144. The monoisotopic (exact) mass is 638 g/mol. The summed E-state index contributed by atoms with van der Waals surface area (Å²) in [6, 6.07) is 14.9. The topological polar surface area (TPSA) is 104 Å². The maximum Gasteiger partial charge on any atom is 0.282 e. The second kappa shape index (κ2) is 15.1. The Morgan fingerprint density at radius 1 is 1.11 bits per heavy atom. The normalized spacial score (nSPS) is 13.4. The van der Waals surface area contributed by atoms with Gasteiger partial charge in [-0.25, -0.2) is 4.98 Å². The molecule has 0 N–H and O–H groups in total. The largest absolute Gasteiger partial charge is 0.496 e. The molecule has 1 fully saturated rings. The number of rotatable bonds is 12. The van der Waals surface area contributed by atoms with Gasteiger partial charge < -0.3 is 23.8 Å². The van der Waals surface area contributed by atoms with Crippen LogP contribution in [0.3, 0.4) is 0 Å². The van der Waals surface area contributed by atoms with Crippen molar-refractivity contribution in [3.05, 3.63) is 93.8 Å². The van der Waals surface area contributed by atoms with Crippen LogP contribution in [0.5, 0.6) is 17.2 Å². The average molecular weight is 639 g/mol. The zero-order chi connectivity index (χ0) is 33.5. The molecule has 0 bridgehead atoms. The maximum absolute atomic E-state index is 14.0. The van der Waals surface area contributed by atoms with Crippen LogP contribution in [-0.4, -0.2) is 73.3 Å². The molecule has 0 atom stereocenters. The van der Waals surface area contributed by atoms with Gasteiger partial charge in [0, 0.05) is 24.2 Å². The van der Waals surface area contributed by atoms with E-state index in [4.69, 9.17) is 29.0 Å². The lowest BCUT2D eigenvalue weighted by Crippen LogP contribution is -2.43. The van der Waals surface area contributed by atoms with Crippen molar-refractivity contribution in [3.8, 4) is 28.6 Å². The molecule has 3 aromatic carbocycles. The molecule has 10 heteroatoms. The van der Waals surface area contributed by atoms with Crippen LogP contribution in [-0.2, 0) is 16.0 Å². The van der Waals surface area contributed by atoms with E-state index in [1.54, 1.807) is 36.4 Å². The number of para-hydroxylation sites is 1. The fourth-order valence-electron chi connectivity index (χ4n) is 5.63. The van der Waals surface area contributed by atoms with Crippen LogP contribution in [0.15, 0.2) is 71.1 Å². The van der Waals surface area contributed by atoms with Gasteiger partial charge in [-0.15, -0.1) is 6.58 Å². The number of nitrogens with zero attached hydrogens (tertiary/aromatic N) is 4. The summed E-state index contributed by atoms with van der Waals surface area (Å²) in [5, 5.41) is 5.18. The summed E-state index contributed by atoms with van der Waals surface area (Å²) in [7, 11) is 1.66.